The Kier molecular flexibility index (Phi) is 4.55. The zero-order valence-corrected chi connectivity index (χ0v) is 18.9. The van der Waals surface area contributed by atoms with Gasteiger partial charge in [-0.2, -0.15) is 0 Å². The number of allylic oxidation sites excluding steroid dienone is 3. The second-order valence-corrected chi connectivity index (χ2v) is 8.36. The van der Waals surface area contributed by atoms with Crippen LogP contribution >= 0.6 is 0 Å². The van der Waals surface area contributed by atoms with E-state index in [0.29, 0.717) is 24.2 Å². The van der Waals surface area contributed by atoms with Crippen LogP contribution in [-0.2, 0) is 0 Å². The van der Waals surface area contributed by atoms with Gasteiger partial charge in [-0.3, -0.25) is 9.59 Å². The lowest BCUT2D eigenvalue weighted by Gasteiger charge is -2.21. The van der Waals surface area contributed by atoms with Crippen molar-refractivity contribution >= 4 is 45.0 Å². The molecule has 0 bridgehead atoms. The number of hydrogen-bond donors (Lipinski definition) is 0. The van der Waals surface area contributed by atoms with Crippen molar-refractivity contribution in [2.24, 2.45) is 0 Å². The first-order valence-corrected chi connectivity index (χ1v) is 11.5. The number of fused-ring (bicyclic) bond motifs is 4. The molecular weight excluding hydrogens is 424 g/mol. The van der Waals surface area contributed by atoms with E-state index in [0.717, 1.165) is 39.3 Å². The Balaban J connectivity index is 1.44. The van der Waals surface area contributed by atoms with E-state index in [4.69, 9.17) is 9.97 Å². The van der Waals surface area contributed by atoms with Crippen LogP contribution in [0.1, 0.15) is 34.6 Å². The van der Waals surface area contributed by atoms with Gasteiger partial charge in [0.05, 0.1) is 16.6 Å². The third-order valence-electron chi connectivity index (χ3n) is 6.49. The molecule has 1 aliphatic heterocycles. The normalized spacial score (nSPS) is 14.9. The molecule has 0 amide bonds. The maximum Gasteiger partial charge on any atom is 0.197 e. The largest absolute Gasteiger partial charge is 0.310 e. The standard InChI is InChI=1S/C28H22N4O2/c1-3-31-24(32(4-2)28-27(31)29-22-11-7-8-12-23(22)30-28)14-13-19-25(33)20-15-17-9-5-6-10-18(17)16-21(20)26(19)34/h5-16H,3-4H2,1-2H3. The Morgan fingerprint density at radius 1 is 0.706 bits per heavy atom. The molecule has 6 nitrogen and oxygen atoms in total. The van der Waals surface area contributed by atoms with Crippen LogP contribution in [0, 0.1) is 0 Å². The minimum Gasteiger partial charge on any atom is -0.310 e. The van der Waals surface area contributed by atoms with Gasteiger partial charge in [0.1, 0.15) is 5.82 Å². The topological polar surface area (TPSA) is 66.4 Å². The number of nitrogens with zero attached hydrogens (tertiary/aromatic N) is 4. The summed E-state index contributed by atoms with van der Waals surface area (Å²) in [7, 11) is 0. The molecule has 4 aromatic rings. The van der Waals surface area contributed by atoms with Crippen LogP contribution in [0.5, 0.6) is 0 Å². The highest BCUT2D eigenvalue weighted by Gasteiger charge is 2.35. The van der Waals surface area contributed by atoms with Crippen molar-refractivity contribution in [3.8, 4) is 0 Å². The molecule has 0 radical (unpaired) electrons. The van der Waals surface area contributed by atoms with Crippen molar-refractivity contribution < 1.29 is 9.59 Å². The summed E-state index contributed by atoms with van der Waals surface area (Å²) in [6.07, 6.45) is 3.50. The first kappa shape index (κ1) is 20.3. The van der Waals surface area contributed by atoms with Gasteiger partial charge in [-0.25, -0.2) is 9.97 Å². The minimum atomic E-state index is -0.230. The highest BCUT2D eigenvalue weighted by Crippen LogP contribution is 2.40. The van der Waals surface area contributed by atoms with Crippen molar-refractivity contribution in [3.05, 3.63) is 95.3 Å². The third kappa shape index (κ3) is 2.88. The molecule has 34 heavy (non-hydrogen) atoms. The highest BCUT2D eigenvalue weighted by atomic mass is 16.2. The van der Waals surface area contributed by atoms with Gasteiger partial charge in [-0.1, -0.05) is 36.4 Å². The molecule has 0 unspecified atom stereocenters. The van der Waals surface area contributed by atoms with Gasteiger partial charge in [0.2, 0.25) is 0 Å². The number of hydrogen-bond acceptors (Lipinski definition) is 6. The number of benzene rings is 3. The number of carbonyl (C=O) groups is 2. The second kappa shape index (κ2) is 7.63. The van der Waals surface area contributed by atoms with Crippen molar-refractivity contribution in [2.75, 3.05) is 22.9 Å². The summed E-state index contributed by atoms with van der Waals surface area (Å²) in [5.41, 5.74) is 2.79. The number of ketones is 2. The fraction of sp³-hybridized carbons (Fsp3) is 0.143. The molecule has 2 aliphatic rings. The van der Waals surface area contributed by atoms with Crippen LogP contribution in [0.4, 0.5) is 11.6 Å². The second-order valence-electron chi connectivity index (χ2n) is 8.36. The zero-order valence-electron chi connectivity index (χ0n) is 18.9. The third-order valence-corrected chi connectivity index (χ3v) is 6.49. The van der Waals surface area contributed by atoms with E-state index in [2.05, 4.69) is 9.80 Å². The summed E-state index contributed by atoms with van der Waals surface area (Å²) in [5, 5.41) is 1.90. The Labute approximate surface area is 196 Å². The molecule has 0 saturated heterocycles. The van der Waals surface area contributed by atoms with Gasteiger partial charge in [0.25, 0.3) is 0 Å². The average molecular weight is 447 g/mol. The van der Waals surface area contributed by atoms with E-state index < -0.39 is 0 Å². The Morgan fingerprint density at radius 2 is 1.18 bits per heavy atom. The predicted octanol–water partition coefficient (Wildman–Crippen LogP) is 5.30. The van der Waals surface area contributed by atoms with Crippen LogP contribution in [0.2, 0.25) is 0 Å². The van der Waals surface area contributed by atoms with E-state index >= 15 is 0 Å². The molecule has 6 rings (SSSR count). The van der Waals surface area contributed by atoms with E-state index in [9.17, 15) is 9.59 Å². The van der Waals surface area contributed by atoms with Crippen molar-refractivity contribution in [1.29, 1.82) is 0 Å². The number of carbonyl (C=O) groups excluding carboxylic acids is 2. The summed E-state index contributed by atoms with van der Waals surface area (Å²) < 4.78 is 0. The molecule has 0 fully saturated rings. The summed E-state index contributed by atoms with van der Waals surface area (Å²) >= 11 is 0. The van der Waals surface area contributed by atoms with Crippen LogP contribution in [0.25, 0.3) is 21.8 Å². The van der Waals surface area contributed by atoms with E-state index in [1.54, 1.807) is 6.08 Å². The molecule has 2 heterocycles. The molecule has 0 spiro atoms. The molecule has 0 saturated carbocycles. The van der Waals surface area contributed by atoms with Crippen LogP contribution in [0.15, 0.2) is 84.2 Å². The highest BCUT2D eigenvalue weighted by molar-refractivity contribution is 6.40. The average Bonchev–Trinajstić information content (AvgIpc) is 3.29. The van der Waals surface area contributed by atoms with Crippen LogP contribution in [0.3, 0.4) is 0 Å². The van der Waals surface area contributed by atoms with Crippen LogP contribution in [-0.4, -0.2) is 34.6 Å². The first-order valence-electron chi connectivity index (χ1n) is 11.5. The SMILES string of the molecule is CCN1C(=CC=C2C(=O)c3cc4ccccc4cc3C2=O)N(CC)c2nc3ccccc3nc21. The van der Waals surface area contributed by atoms with Gasteiger partial charge < -0.3 is 9.80 Å². The maximum atomic E-state index is 13.2. The van der Waals surface area contributed by atoms with Crippen molar-refractivity contribution in [3.63, 3.8) is 0 Å². The summed E-state index contributed by atoms with van der Waals surface area (Å²) in [5.74, 6) is 1.96. The summed E-state index contributed by atoms with van der Waals surface area (Å²) in [6, 6.07) is 19.2. The number of anilines is 2. The molecule has 1 aliphatic carbocycles. The molecular formula is C28H22N4O2. The zero-order chi connectivity index (χ0) is 23.4. The summed E-state index contributed by atoms with van der Waals surface area (Å²) in [6.45, 7) is 5.46. The smallest absolute Gasteiger partial charge is 0.197 e. The van der Waals surface area contributed by atoms with Gasteiger partial charge in [-0.15, -0.1) is 0 Å². The fourth-order valence-corrected chi connectivity index (χ4v) is 4.83. The molecule has 0 N–H and O–H groups in total. The van der Waals surface area contributed by atoms with Gasteiger partial charge >= 0.3 is 0 Å². The van der Waals surface area contributed by atoms with Gasteiger partial charge in [0.15, 0.2) is 23.2 Å². The van der Waals surface area contributed by atoms with E-state index in [1.807, 2.05) is 80.6 Å². The van der Waals surface area contributed by atoms with E-state index in [-0.39, 0.29) is 17.1 Å². The van der Waals surface area contributed by atoms with Crippen LogP contribution < -0.4 is 9.80 Å². The molecule has 0 atom stereocenters. The lowest BCUT2D eigenvalue weighted by atomic mass is 10.0. The predicted molar refractivity (Wildman–Crippen MR) is 134 cm³/mol. The van der Waals surface area contributed by atoms with Crippen molar-refractivity contribution in [2.45, 2.75) is 13.8 Å². The number of para-hydroxylation sites is 2. The lowest BCUT2D eigenvalue weighted by molar-refractivity contribution is 0.0989. The minimum absolute atomic E-state index is 0.187. The molecule has 3 aromatic carbocycles. The Morgan fingerprint density at radius 3 is 1.65 bits per heavy atom. The number of rotatable bonds is 3. The van der Waals surface area contributed by atoms with E-state index in [1.165, 1.54) is 0 Å². The van der Waals surface area contributed by atoms with Gasteiger partial charge in [0, 0.05) is 24.2 Å². The van der Waals surface area contributed by atoms with Gasteiger partial charge in [-0.05, 0) is 61.0 Å². The Hall–Kier alpha value is -4.32. The summed E-state index contributed by atoms with van der Waals surface area (Å²) in [4.78, 5) is 40.2. The quantitative estimate of drug-likeness (QED) is 0.314. The van der Waals surface area contributed by atoms with Crippen molar-refractivity contribution in [1.82, 2.24) is 9.97 Å². The number of Topliss-reactive ketones (excluding diaryl/α,β-unsaturated/α-hetero) is 2. The fourth-order valence-electron chi connectivity index (χ4n) is 4.83. The number of aromatic nitrogens is 2. The maximum absolute atomic E-state index is 13.2. The Bertz CT molecular complexity index is 1480. The molecule has 1 aromatic heterocycles. The lowest BCUT2D eigenvalue weighted by Crippen LogP contribution is -2.28. The molecule has 6 heteroatoms. The molecule has 166 valence electrons. The monoisotopic (exact) mass is 446 g/mol. The first-order chi connectivity index (χ1) is 16.6.